The minimum absolute atomic E-state index is 0.0156. The maximum atomic E-state index is 14.2. The van der Waals surface area contributed by atoms with E-state index in [1.54, 1.807) is 12.1 Å². The van der Waals surface area contributed by atoms with Gasteiger partial charge in [0.05, 0.1) is 49.5 Å². The molecule has 1 aromatic heterocycles. The van der Waals surface area contributed by atoms with Gasteiger partial charge in [0.25, 0.3) is 0 Å². The third kappa shape index (κ3) is 13.4. The van der Waals surface area contributed by atoms with Crippen LogP contribution in [0.5, 0.6) is 0 Å². The summed E-state index contributed by atoms with van der Waals surface area (Å²) in [5.74, 6) is 0.0156. The Labute approximate surface area is 398 Å². The summed E-state index contributed by atoms with van der Waals surface area (Å²) in [7, 11) is 0. The average molecular weight is 1100 g/mol. The van der Waals surface area contributed by atoms with E-state index in [1.807, 2.05) is 47.3 Å². The fourth-order valence-electron chi connectivity index (χ4n) is 7.55. The highest BCUT2D eigenvalue weighted by atomic mass is 35.5. The van der Waals surface area contributed by atoms with Gasteiger partial charge in [-0.05, 0) is 36.4 Å². The summed E-state index contributed by atoms with van der Waals surface area (Å²) in [6.07, 6.45) is -51.1. The second-order valence-electron chi connectivity index (χ2n) is 15.7. The van der Waals surface area contributed by atoms with Gasteiger partial charge in [-0.1, -0.05) is 78.3 Å². The molecule has 28 heteroatoms. The Balaban J connectivity index is 0.000000520. The summed E-state index contributed by atoms with van der Waals surface area (Å²) in [5, 5.41) is 0.504. The van der Waals surface area contributed by atoms with Crippen molar-refractivity contribution in [2.24, 2.45) is 0 Å². The van der Waals surface area contributed by atoms with Crippen molar-refractivity contribution >= 4 is 45.4 Å². The first-order valence-corrected chi connectivity index (χ1v) is 20.0. The van der Waals surface area contributed by atoms with Crippen molar-refractivity contribution in [3.05, 3.63) is 183 Å². The van der Waals surface area contributed by atoms with Gasteiger partial charge >= 0.3 is 49.4 Å². The van der Waals surface area contributed by atoms with Crippen LogP contribution in [0.1, 0.15) is 54.9 Å². The fraction of sp³-hybridized carbons (Fsp3) is 0.200. The predicted octanol–water partition coefficient (Wildman–Crippen LogP) is 13.7. The Morgan fingerprint density at radius 2 is 0.589 bits per heavy atom. The molecule has 0 bridgehead atoms. The molecule has 0 unspecified atom stereocenters. The number of nitrogens with zero attached hydrogens (tertiary/aromatic N) is 1. The van der Waals surface area contributed by atoms with Crippen molar-refractivity contribution in [1.29, 1.82) is 0 Å². The summed E-state index contributed by atoms with van der Waals surface area (Å²) in [4.78, 5) is 11.9. The van der Waals surface area contributed by atoms with Crippen LogP contribution in [-0.2, 0) is 56.0 Å². The van der Waals surface area contributed by atoms with E-state index in [-0.39, 0.29) is 5.78 Å². The molecule has 0 atom stereocenters. The molecule has 6 aromatic rings. The lowest BCUT2D eigenvalue weighted by atomic mass is 9.12. The zero-order chi connectivity index (χ0) is 55.3. The SMILES string of the molecule is FC(F)(F)c1cc([B-](c2cc(C(F)(F)F)cc(C(F)(F)F)c2)(c2cc(C(F)(F)F)cc(C(F)(F)F)c2)c2cc(C(F)(F)F)cc(C(F)(F)F)c2)cc(C(F)(F)F)c1.O=C(C[n+]1ccccc1)c1ccccc1Cl. The van der Waals surface area contributed by atoms with Crippen LogP contribution in [0.3, 0.4) is 0 Å². The first kappa shape index (κ1) is 57.5. The number of carbonyl (C=O) groups excluding carboxylic acids is 1. The number of Topliss-reactive ketones (excluding diaryl/α,β-unsaturated/α-hetero) is 1. The fourth-order valence-corrected chi connectivity index (χ4v) is 7.79. The Morgan fingerprint density at radius 1 is 0.356 bits per heavy atom. The first-order chi connectivity index (χ1) is 33.0. The van der Waals surface area contributed by atoms with E-state index in [0.717, 1.165) is 0 Å². The van der Waals surface area contributed by atoms with Crippen LogP contribution in [0.4, 0.5) is 105 Å². The van der Waals surface area contributed by atoms with Crippen LogP contribution in [-0.4, -0.2) is 11.9 Å². The van der Waals surface area contributed by atoms with Crippen LogP contribution in [0.2, 0.25) is 5.02 Å². The molecule has 0 saturated carbocycles. The number of hydrogen-bond acceptors (Lipinski definition) is 1. The van der Waals surface area contributed by atoms with Gasteiger partial charge in [0.15, 0.2) is 12.4 Å². The highest BCUT2D eigenvalue weighted by molar-refractivity contribution is 7.20. The normalized spacial score (nSPS) is 13.4. The average Bonchev–Trinajstić information content (AvgIpc) is 3.24. The molecule has 0 aliphatic rings. The molecule has 0 spiro atoms. The van der Waals surface area contributed by atoms with Gasteiger partial charge in [-0.3, -0.25) is 4.79 Å². The monoisotopic (exact) mass is 1100 g/mol. The Kier molecular flexibility index (Phi) is 15.6. The molecule has 0 fully saturated rings. The number of halogens is 25. The number of pyridine rings is 1. The number of alkyl halides is 24. The number of benzene rings is 5. The second kappa shape index (κ2) is 19.8. The summed E-state index contributed by atoms with van der Waals surface area (Å²) in [6.45, 7) is 0.310. The third-order valence-electron chi connectivity index (χ3n) is 10.7. The highest BCUT2D eigenvalue weighted by Crippen LogP contribution is 2.41. The van der Waals surface area contributed by atoms with Gasteiger partial charge in [0.2, 0.25) is 12.3 Å². The molecule has 1 heterocycles. The van der Waals surface area contributed by atoms with Gasteiger partial charge in [-0.2, -0.15) is 132 Å². The minimum Gasteiger partial charge on any atom is -0.287 e. The lowest BCUT2D eigenvalue weighted by Gasteiger charge is -2.46. The summed E-state index contributed by atoms with van der Waals surface area (Å²) >= 11 is 5.96. The van der Waals surface area contributed by atoms with Gasteiger partial charge in [-0.15, -0.1) is 0 Å². The zero-order valence-electron chi connectivity index (χ0n) is 35.2. The maximum absolute atomic E-state index is 14.2. The van der Waals surface area contributed by atoms with Gasteiger partial charge in [-0.25, -0.2) is 0 Å². The minimum atomic E-state index is -6.13. The molecule has 2 nitrogen and oxygen atoms in total. The molecular formula is C45H23BClF24NO. The Hall–Kier alpha value is -6.41. The van der Waals surface area contributed by atoms with E-state index < -0.39 is 195 Å². The molecule has 0 aliphatic carbocycles. The molecule has 392 valence electrons. The third-order valence-corrected chi connectivity index (χ3v) is 11.0. The maximum Gasteiger partial charge on any atom is 0.416 e. The van der Waals surface area contributed by atoms with Crippen LogP contribution in [0, 0.1) is 0 Å². The van der Waals surface area contributed by atoms with Crippen molar-refractivity contribution in [1.82, 2.24) is 0 Å². The quantitative estimate of drug-likeness (QED) is 0.0675. The largest absolute Gasteiger partial charge is 0.416 e. The van der Waals surface area contributed by atoms with Crippen molar-refractivity contribution < 1.29 is 115 Å². The molecule has 0 radical (unpaired) electrons. The standard InChI is InChI=1S/C32H12BF24.C13H11ClNO/c34-25(35,36)13-1-14(26(37,38)39)6-21(5-13)33(22-7-15(27(40,41)42)2-16(8-22)28(43,44)45,23-9-17(29(46,47)48)3-18(10-23)30(49,50)51)24-11-19(31(52,53)54)4-20(12-24)32(55,56)57;14-12-7-3-2-6-11(12)13(16)10-15-8-4-1-5-9-15/h1-12H;1-9H,10H2/q-1;+1. The zero-order valence-corrected chi connectivity index (χ0v) is 36.0. The van der Waals surface area contributed by atoms with Crippen LogP contribution in [0.25, 0.3) is 0 Å². The van der Waals surface area contributed by atoms with Crippen LogP contribution < -0.4 is 26.4 Å². The molecule has 0 amide bonds. The first-order valence-electron chi connectivity index (χ1n) is 19.6. The molecule has 0 N–H and O–H groups in total. The number of ketones is 1. The lowest BCUT2D eigenvalue weighted by molar-refractivity contribution is -0.683. The van der Waals surface area contributed by atoms with Gasteiger partial charge in [0, 0.05) is 17.7 Å². The van der Waals surface area contributed by atoms with Gasteiger partial charge in [0.1, 0.15) is 6.15 Å². The van der Waals surface area contributed by atoms with E-state index in [2.05, 4.69) is 0 Å². The molecule has 6 rings (SSSR count). The summed E-state index contributed by atoms with van der Waals surface area (Å²) in [6, 6.07) is 3.98. The number of rotatable bonds is 7. The molecular weight excluding hydrogens is 1070 g/mol. The number of hydrogen-bond donors (Lipinski definition) is 0. The van der Waals surface area contributed by atoms with Crippen molar-refractivity contribution in [2.45, 2.75) is 56.0 Å². The summed E-state index contributed by atoms with van der Waals surface area (Å²) < 4.78 is 343. The van der Waals surface area contributed by atoms with E-state index in [4.69, 9.17) is 11.6 Å². The smallest absolute Gasteiger partial charge is 0.287 e. The topological polar surface area (TPSA) is 20.9 Å². The van der Waals surface area contributed by atoms with E-state index in [1.165, 1.54) is 0 Å². The van der Waals surface area contributed by atoms with Crippen LogP contribution in [0.15, 0.2) is 128 Å². The predicted molar refractivity (Wildman–Crippen MR) is 212 cm³/mol. The van der Waals surface area contributed by atoms with Crippen molar-refractivity contribution in [3.8, 4) is 0 Å². The Morgan fingerprint density at radius 3 is 0.808 bits per heavy atom. The molecule has 0 aliphatic heterocycles. The van der Waals surface area contributed by atoms with Crippen molar-refractivity contribution in [2.75, 3.05) is 0 Å². The van der Waals surface area contributed by atoms with Gasteiger partial charge < -0.3 is 0 Å². The lowest BCUT2D eigenvalue weighted by Crippen LogP contribution is -2.75. The highest BCUT2D eigenvalue weighted by Gasteiger charge is 2.47. The second-order valence-corrected chi connectivity index (χ2v) is 16.1. The van der Waals surface area contributed by atoms with E-state index in [0.29, 0.717) is 17.1 Å². The molecule has 5 aromatic carbocycles. The Bertz CT molecular complexity index is 2530. The number of carbonyl (C=O) groups is 1. The molecule has 73 heavy (non-hydrogen) atoms. The summed E-state index contributed by atoms with van der Waals surface area (Å²) in [5.41, 5.74) is -29.6. The van der Waals surface area contributed by atoms with Crippen molar-refractivity contribution in [3.63, 3.8) is 0 Å². The van der Waals surface area contributed by atoms with E-state index >= 15 is 0 Å². The van der Waals surface area contributed by atoms with E-state index in [9.17, 15) is 110 Å². The number of aromatic nitrogens is 1. The molecule has 0 saturated heterocycles. The van der Waals surface area contributed by atoms with Crippen LogP contribution >= 0.6 is 11.6 Å².